The number of anilines is 1. The molecule has 2 atom stereocenters. The number of rotatable bonds is 6. The summed E-state index contributed by atoms with van der Waals surface area (Å²) < 4.78 is 0. The van der Waals surface area contributed by atoms with Crippen LogP contribution >= 0.6 is 23.1 Å². The average Bonchev–Trinajstić information content (AvgIpc) is 3.24. The minimum atomic E-state index is 0.104. The first-order chi connectivity index (χ1) is 12.7. The molecular weight excluding hydrogens is 364 g/mol. The minimum absolute atomic E-state index is 0.104. The summed E-state index contributed by atoms with van der Waals surface area (Å²) in [5, 5.41) is 14.5. The largest absolute Gasteiger partial charge is 0.395 e. The fraction of sp³-hybridized carbons (Fsp3) is 0.421. The lowest BCUT2D eigenvalue weighted by Crippen LogP contribution is -2.31. The number of aryl methyl sites for hydroxylation is 2. The first-order valence-electron chi connectivity index (χ1n) is 8.84. The Bertz CT molecular complexity index is 909. The minimum Gasteiger partial charge on any atom is -0.395 e. The molecular formula is C19H22N4OS2. The van der Waals surface area contributed by atoms with Gasteiger partial charge >= 0.3 is 0 Å². The molecule has 3 aromatic heterocycles. The van der Waals surface area contributed by atoms with Gasteiger partial charge < -0.3 is 10.4 Å². The molecule has 4 rings (SSSR count). The van der Waals surface area contributed by atoms with E-state index in [1.165, 1.54) is 22.2 Å². The van der Waals surface area contributed by atoms with Crippen LogP contribution in [0.4, 0.5) is 5.82 Å². The lowest BCUT2D eigenvalue weighted by Gasteiger charge is -2.22. The van der Waals surface area contributed by atoms with E-state index < -0.39 is 0 Å². The zero-order valence-corrected chi connectivity index (χ0v) is 16.5. The predicted molar refractivity (Wildman–Crippen MR) is 110 cm³/mol. The second-order valence-electron chi connectivity index (χ2n) is 6.56. The van der Waals surface area contributed by atoms with Crippen molar-refractivity contribution in [2.75, 3.05) is 18.2 Å². The van der Waals surface area contributed by atoms with Crippen molar-refractivity contribution < 1.29 is 5.11 Å². The van der Waals surface area contributed by atoms with E-state index in [2.05, 4.69) is 17.2 Å². The van der Waals surface area contributed by atoms with Gasteiger partial charge in [0.05, 0.1) is 12.0 Å². The molecule has 136 valence electrons. The molecule has 0 aromatic carbocycles. The van der Waals surface area contributed by atoms with Crippen molar-refractivity contribution in [3.63, 3.8) is 0 Å². The van der Waals surface area contributed by atoms with Gasteiger partial charge in [0, 0.05) is 34.1 Å². The van der Waals surface area contributed by atoms with Gasteiger partial charge in [-0.1, -0.05) is 0 Å². The van der Waals surface area contributed by atoms with Gasteiger partial charge in [0.2, 0.25) is 0 Å². The molecule has 0 fully saturated rings. The Balaban J connectivity index is 1.82. The van der Waals surface area contributed by atoms with Crippen LogP contribution in [0.25, 0.3) is 21.6 Å². The highest BCUT2D eigenvalue weighted by Gasteiger charge is 2.24. The summed E-state index contributed by atoms with van der Waals surface area (Å²) in [6, 6.07) is 4.00. The Morgan fingerprint density at radius 1 is 1.35 bits per heavy atom. The number of pyridine rings is 1. The number of thioether (sulfide) groups is 1. The predicted octanol–water partition coefficient (Wildman–Crippen LogP) is 3.77. The summed E-state index contributed by atoms with van der Waals surface area (Å²) in [5.74, 6) is 1.58. The molecule has 7 heteroatoms. The normalized spacial score (nSPS) is 15.8. The maximum absolute atomic E-state index is 9.64. The van der Waals surface area contributed by atoms with Gasteiger partial charge in [-0.2, -0.15) is 11.8 Å². The van der Waals surface area contributed by atoms with Crippen LogP contribution in [0, 0.1) is 0 Å². The zero-order chi connectivity index (χ0) is 18.1. The molecule has 1 aliphatic carbocycles. The van der Waals surface area contributed by atoms with E-state index in [9.17, 15) is 5.11 Å². The molecule has 0 aliphatic heterocycles. The molecule has 0 amide bonds. The summed E-state index contributed by atoms with van der Waals surface area (Å²) in [7, 11) is 0. The number of hydrogen-bond acceptors (Lipinski definition) is 7. The second-order valence-corrected chi connectivity index (χ2v) is 8.73. The van der Waals surface area contributed by atoms with E-state index in [1.54, 1.807) is 35.5 Å². The standard InChI is InChI=1S/C19H22N4OS2/c1-11(15(10-24)25-2)21-18-16-13-6-3-7-14(13)26-19(16)23-17(22-18)12-5-4-8-20-9-12/h4-5,8-9,11,15,24H,3,6-7,10H2,1-2H3,(H,21,22,23). The van der Waals surface area contributed by atoms with Crippen LogP contribution in [0.5, 0.6) is 0 Å². The van der Waals surface area contributed by atoms with Crippen molar-refractivity contribution in [1.29, 1.82) is 0 Å². The van der Waals surface area contributed by atoms with E-state index >= 15 is 0 Å². The van der Waals surface area contributed by atoms with Crippen LogP contribution in [-0.4, -0.2) is 44.2 Å². The first kappa shape index (κ1) is 17.7. The molecule has 5 nitrogen and oxygen atoms in total. The van der Waals surface area contributed by atoms with Gasteiger partial charge in [-0.05, 0) is 50.1 Å². The van der Waals surface area contributed by atoms with Crippen LogP contribution in [0.3, 0.4) is 0 Å². The molecule has 2 N–H and O–H groups in total. The number of fused-ring (bicyclic) bond motifs is 3. The monoisotopic (exact) mass is 386 g/mol. The third-order valence-electron chi connectivity index (χ3n) is 4.89. The van der Waals surface area contributed by atoms with Crippen molar-refractivity contribution in [2.24, 2.45) is 0 Å². The van der Waals surface area contributed by atoms with Gasteiger partial charge in [0.25, 0.3) is 0 Å². The van der Waals surface area contributed by atoms with Crippen molar-refractivity contribution in [3.8, 4) is 11.4 Å². The van der Waals surface area contributed by atoms with Gasteiger partial charge in [0.15, 0.2) is 5.82 Å². The maximum atomic E-state index is 9.64. The molecule has 0 bridgehead atoms. The zero-order valence-electron chi connectivity index (χ0n) is 14.9. The number of thiophene rings is 1. The van der Waals surface area contributed by atoms with Crippen molar-refractivity contribution >= 4 is 39.1 Å². The Hall–Kier alpha value is -1.70. The van der Waals surface area contributed by atoms with E-state index in [-0.39, 0.29) is 17.9 Å². The Labute approximate surface area is 161 Å². The molecule has 0 saturated carbocycles. The number of aliphatic hydroxyl groups excluding tert-OH is 1. The van der Waals surface area contributed by atoms with E-state index in [0.717, 1.165) is 29.1 Å². The topological polar surface area (TPSA) is 70.9 Å². The molecule has 26 heavy (non-hydrogen) atoms. The molecule has 3 aromatic rings. The van der Waals surface area contributed by atoms with Crippen molar-refractivity contribution in [1.82, 2.24) is 15.0 Å². The molecule has 0 saturated heterocycles. The van der Waals surface area contributed by atoms with Gasteiger partial charge in [-0.3, -0.25) is 4.98 Å². The Kier molecular flexibility index (Phi) is 5.11. The fourth-order valence-corrected chi connectivity index (χ4v) is 5.36. The third kappa shape index (κ3) is 3.19. The second kappa shape index (κ2) is 7.50. The maximum Gasteiger partial charge on any atom is 0.164 e. The van der Waals surface area contributed by atoms with Crippen LogP contribution in [0.1, 0.15) is 23.8 Å². The first-order valence-corrected chi connectivity index (χ1v) is 10.9. The quantitative estimate of drug-likeness (QED) is 0.672. The number of aliphatic hydroxyl groups is 1. The SMILES string of the molecule is CSC(CO)C(C)Nc1nc(-c2cccnc2)nc2sc3c(c12)CCC3. The molecule has 1 aliphatic rings. The number of nitrogens with zero attached hydrogens (tertiary/aromatic N) is 3. The van der Waals surface area contributed by atoms with Crippen molar-refractivity contribution in [2.45, 2.75) is 37.5 Å². The highest BCUT2D eigenvalue weighted by atomic mass is 32.2. The smallest absolute Gasteiger partial charge is 0.164 e. The fourth-order valence-electron chi connectivity index (χ4n) is 3.47. The van der Waals surface area contributed by atoms with E-state index in [4.69, 9.17) is 9.97 Å². The van der Waals surface area contributed by atoms with E-state index in [1.807, 2.05) is 18.4 Å². The van der Waals surface area contributed by atoms with Gasteiger partial charge in [-0.25, -0.2) is 9.97 Å². The van der Waals surface area contributed by atoms with Gasteiger partial charge in [0.1, 0.15) is 10.6 Å². The summed E-state index contributed by atoms with van der Waals surface area (Å²) in [4.78, 5) is 16.4. The number of hydrogen-bond donors (Lipinski definition) is 2. The Morgan fingerprint density at radius 3 is 2.96 bits per heavy atom. The summed E-state index contributed by atoms with van der Waals surface area (Å²) in [6.45, 7) is 2.24. The number of nitrogens with one attached hydrogen (secondary N) is 1. The third-order valence-corrected chi connectivity index (χ3v) is 7.24. The van der Waals surface area contributed by atoms with Crippen molar-refractivity contribution in [3.05, 3.63) is 35.0 Å². The highest BCUT2D eigenvalue weighted by Crippen LogP contribution is 2.40. The van der Waals surface area contributed by atoms with Gasteiger partial charge in [-0.15, -0.1) is 11.3 Å². The van der Waals surface area contributed by atoms with Crippen LogP contribution in [0.15, 0.2) is 24.5 Å². The molecule has 2 unspecified atom stereocenters. The summed E-state index contributed by atoms with van der Waals surface area (Å²) in [5.41, 5.74) is 2.32. The number of aromatic nitrogens is 3. The Morgan fingerprint density at radius 2 is 2.23 bits per heavy atom. The lowest BCUT2D eigenvalue weighted by atomic mass is 10.1. The highest BCUT2D eigenvalue weighted by molar-refractivity contribution is 7.99. The molecule has 3 heterocycles. The lowest BCUT2D eigenvalue weighted by molar-refractivity contribution is 0.288. The van der Waals surface area contributed by atoms with E-state index in [0.29, 0.717) is 5.82 Å². The summed E-state index contributed by atoms with van der Waals surface area (Å²) in [6.07, 6.45) is 9.03. The van der Waals surface area contributed by atoms with Crippen LogP contribution in [-0.2, 0) is 12.8 Å². The van der Waals surface area contributed by atoms with Crippen LogP contribution < -0.4 is 5.32 Å². The molecule has 0 spiro atoms. The average molecular weight is 387 g/mol. The molecule has 0 radical (unpaired) electrons. The summed E-state index contributed by atoms with van der Waals surface area (Å²) >= 11 is 3.46. The van der Waals surface area contributed by atoms with Crippen LogP contribution in [0.2, 0.25) is 0 Å².